The number of carbonyl (C=O) groups excluding carboxylic acids is 1. The molecule has 1 aromatic heterocycles. The number of hydrogen-bond donors (Lipinski definition) is 0. The molecule has 0 saturated heterocycles. The minimum absolute atomic E-state index is 0.312. The largest absolute Gasteiger partial charge is 0.298 e. The molecule has 0 aliphatic heterocycles. The molecule has 0 aromatic carbocycles. The van der Waals surface area contributed by atoms with E-state index in [9.17, 15) is 4.79 Å². The number of ketones is 1. The normalized spacial score (nSPS) is 10.9. The van der Waals surface area contributed by atoms with E-state index in [1.165, 1.54) is 0 Å². The third kappa shape index (κ3) is 4.53. The van der Waals surface area contributed by atoms with Crippen molar-refractivity contribution < 1.29 is 4.79 Å². The predicted octanol–water partition coefficient (Wildman–Crippen LogP) is 2.25. The average molecular weight is 226 g/mol. The van der Waals surface area contributed by atoms with Crippen LogP contribution in [0.4, 0.5) is 0 Å². The highest BCUT2D eigenvalue weighted by Crippen LogP contribution is 2.09. The third-order valence-electron chi connectivity index (χ3n) is 2.07. The van der Waals surface area contributed by atoms with Gasteiger partial charge in [0.25, 0.3) is 0 Å². The van der Waals surface area contributed by atoms with Crippen LogP contribution in [0.2, 0.25) is 0 Å². The summed E-state index contributed by atoms with van der Waals surface area (Å²) in [6.07, 6.45) is 1.61. The second-order valence-corrected chi connectivity index (χ2v) is 4.88. The fourth-order valence-corrected chi connectivity index (χ4v) is 2.08. The molecule has 0 fully saturated rings. The van der Waals surface area contributed by atoms with Crippen LogP contribution in [0.3, 0.4) is 0 Å². The average Bonchev–Trinajstić information content (AvgIpc) is 2.51. The van der Waals surface area contributed by atoms with Crippen LogP contribution in [-0.4, -0.2) is 29.3 Å². The lowest BCUT2D eigenvalue weighted by Gasteiger charge is -2.13. The summed E-state index contributed by atoms with van der Waals surface area (Å²) in [7, 11) is 1.96. The minimum Gasteiger partial charge on any atom is -0.298 e. The Labute approximate surface area is 95.1 Å². The first-order valence-electron chi connectivity index (χ1n) is 5.23. The molecule has 1 rings (SSSR count). The van der Waals surface area contributed by atoms with E-state index in [1.807, 2.05) is 25.8 Å². The topological polar surface area (TPSA) is 33.2 Å². The van der Waals surface area contributed by atoms with Gasteiger partial charge in [-0.1, -0.05) is 6.92 Å². The van der Waals surface area contributed by atoms with E-state index in [2.05, 4.69) is 10.4 Å². The van der Waals surface area contributed by atoms with E-state index < -0.39 is 0 Å². The lowest BCUT2D eigenvalue weighted by Crippen LogP contribution is -2.25. The molecule has 4 heteroatoms. The molecule has 0 amide bonds. The number of Topliss-reactive ketones (excluding diaryl/α,β-unsaturated/α-hetero) is 1. The zero-order chi connectivity index (χ0) is 11.3. The van der Waals surface area contributed by atoms with Crippen molar-refractivity contribution >= 4 is 17.1 Å². The van der Waals surface area contributed by atoms with Crippen molar-refractivity contribution in [2.75, 3.05) is 13.6 Å². The molecule has 1 aromatic rings. The van der Waals surface area contributed by atoms with Crippen LogP contribution in [0.1, 0.15) is 30.5 Å². The number of thiazole rings is 1. The van der Waals surface area contributed by atoms with Gasteiger partial charge in [0, 0.05) is 18.3 Å². The summed E-state index contributed by atoms with van der Waals surface area (Å²) in [6, 6.07) is 0. The molecule has 0 saturated carbocycles. The maximum absolute atomic E-state index is 11.4. The Morgan fingerprint density at radius 3 is 2.87 bits per heavy atom. The second-order valence-electron chi connectivity index (χ2n) is 3.82. The van der Waals surface area contributed by atoms with Crippen molar-refractivity contribution in [3.05, 3.63) is 16.1 Å². The van der Waals surface area contributed by atoms with Gasteiger partial charge in [0.1, 0.15) is 5.78 Å². The Bertz CT molecular complexity index is 322. The Hall–Kier alpha value is -0.740. The lowest BCUT2D eigenvalue weighted by atomic mass is 10.2. The summed E-state index contributed by atoms with van der Waals surface area (Å²) < 4.78 is 0. The zero-order valence-electron chi connectivity index (χ0n) is 9.62. The van der Waals surface area contributed by atoms with Gasteiger partial charge in [-0.25, -0.2) is 4.98 Å². The highest BCUT2D eigenvalue weighted by atomic mass is 32.1. The molecular weight excluding hydrogens is 208 g/mol. The molecule has 0 bridgehead atoms. The Kier molecular flexibility index (Phi) is 4.91. The van der Waals surface area contributed by atoms with Gasteiger partial charge in [-0.15, -0.1) is 11.3 Å². The number of carbonyl (C=O) groups is 1. The summed E-state index contributed by atoms with van der Waals surface area (Å²) in [4.78, 5) is 17.8. The Balaban J connectivity index is 2.35. The van der Waals surface area contributed by atoms with Gasteiger partial charge in [0.2, 0.25) is 0 Å². The molecule has 1 heterocycles. The van der Waals surface area contributed by atoms with Crippen molar-refractivity contribution in [2.45, 2.75) is 33.2 Å². The first kappa shape index (κ1) is 12.3. The molecule has 0 N–H and O–H groups in total. The molecule has 0 unspecified atom stereocenters. The highest BCUT2D eigenvalue weighted by molar-refractivity contribution is 7.09. The monoisotopic (exact) mass is 226 g/mol. The Morgan fingerprint density at radius 2 is 2.33 bits per heavy atom. The number of nitrogens with zero attached hydrogens (tertiary/aromatic N) is 2. The predicted molar refractivity (Wildman–Crippen MR) is 63.1 cm³/mol. The quantitative estimate of drug-likeness (QED) is 0.746. The molecule has 0 aliphatic carbocycles. The number of aryl methyl sites for hydroxylation is 1. The maximum atomic E-state index is 11.4. The highest BCUT2D eigenvalue weighted by Gasteiger charge is 2.07. The van der Waals surface area contributed by atoms with Crippen LogP contribution in [0.25, 0.3) is 0 Å². The van der Waals surface area contributed by atoms with Crippen molar-refractivity contribution in [3.8, 4) is 0 Å². The summed E-state index contributed by atoms with van der Waals surface area (Å²) in [5, 5.41) is 3.13. The van der Waals surface area contributed by atoms with Gasteiger partial charge in [0.15, 0.2) is 0 Å². The van der Waals surface area contributed by atoms with E-state index in [0.29, 0.717) is 18.7 Å². The maximum Gasteiger partial charge on any atom is 0.146 e. The van der Waals surface area contributed by atoms with Gasteiger partial charge in [-0.3, -0.25) is 9.69 Å². The van der Waals surface area contributed by atoms with Crippen LogP contribution in [0.5, 0.6) is 0 Å². The third-order valence-corrected chi connectivity index (χ3v) is 2.90. The van der Waals surface area contributed by atoms with Gasteiger partial charge < -0.3 is 0 Å². The molecule has 0 aliphatic rings. The van der Waals surface area contributed by atoms with Crippen molar-refractivity contribution in [2.24, 2.45) is 0 Å². The minimum atomic E-state index is 0.312. The lowest BCUT2D eigenvalue weighted by molar-refractivity contribution is -0.120. The fourth-order valence-electron chi connectivity index (χ4n) is 1.47. The van der Waals surface area contributed by atoms with Crippen molar-refractivity contribution in [1.29, 1.82) is 0 Å². The number of likely N-dealkylation sites (N-methyl/N-ethyl adjacent to an activating group) is 1. The van der Waals surface area contributed by atoms with Gasteiger partial charge in [-0.2, -0.15) is 0 Å². The van der Waals surface area contributed by atoms with Crippen molar-refractivity contribution in [3.63, 3.8) is 0 Å². The molecule has 3 nitrogen and oxygen atoms in total. The summed E-state index contributed by atoms with van der Waals surface area (Å²) in [6.45, 7) is 5.32. The van der Waals surface area contributed by atoms with Crippen molar-refractivity contribution in [1.82, 2.24) is 9.88 Å². The summed E-state index contributed by atoms with van der Waals surface area (Å²) >= 11 is 1.65. The first-order chi connectivity index (χ1) is 7.11. The van der Waals surface area contributed by atoms with Crippen LogP contribution >= 0.6 is 11.3 Å². The first-order valence-corrected chi connectivity index (χ1v) is 6.11. The van der Waals surface area contributed by atoms with E-state index in [-0.39, 0.29) is 0 Å². The van der Waals surface area contributed by atoms with Crippen LogP contribution in [0, 0.1) is 6.92 Å². The smallest absolute Gasteiger partial charge is 0.146 e. The number of aromatic nitrogens is 1. The van der Waals surface area contributed by atoms with Crippen LogP contribution < -0.4 is 0 Å². The van der Waals surface area contributed by atoms with Gasteiger partial charge >= 0.3 is 0 Å². The molecule has 0 atom stereocenters. The number of rotatable bonds is 6. The van der Waals surface area contributed by atoms with E-state index in [1.54, 1.807) is 11.3 Å². The van der Waals surface area contributed by atoms with Gasteiger partial charge in [-0.05, 0) is 20.4 Å². The summed E-state index contributed by atoms with van der Waals surface area (Å²) in [5.74, 6) is 0.312. The van der Waals surface area contributed by atoms with Crippen LogP contribution in [0.15, 0.2) is 5.38 Å². The summed E-state index contributed by atoms with van der Waals surface area (Å²) in [5.41, 5.74) is 1.06. The second kappa shape index (κ2) is 5.98. The fraction of sp³-hybridized carbons (Fsp3) is 0.636. The molecule has 0 spiro atoms. The molecule has 0 radical (unpaired) electrons. The van der Waals surface area contributed by atoms with E-state index >= 15 is 0 Å². The molecule has 84 valence electrons. The van der Waals surface area contributed by atoms with E-state index in [4.69, 9.17) is 0 Å². The molecule has 15 heavy (non-hydrogen) atoms. The standard InChI is InChI=1S/C11H18N2OS/c1-4-5-11(14)7-13(3)6-10-8-15-9(2)12-10/h8H,4-7H2,1-3H3. The Morgan fingerprint density at radius 1 is 1.60 bits per heavy atom. The molecular formula is C11H18N2OS. The zero-order valence-corrected chi connectivity index (χ0v) is 10.4. The van der Waals surface area contributed by atoms with Crippen LogP contribution in [-0.2, 0) is 11.3 Å². The number of hydrogen-bond acceptors (Lipinski definition) is 4. The SMILES string of the molecule is CCCC(=O)CN(C)Cc1csc(C)n1. The van der Waals surface area contributed by atoms with Gasteiger partial charge in [0.05, 0.1) is 17.2 Å². The van der Waals surface area contributed by atoms with E-state index in [0.717, 1.165) is 23.7 Å².